The van der Waals surface area contributed by atoms with Crippen molar-refractivity contribution in [3.63, 3.8) is 0 Å². The van der Waals surface area contributed by atoms with E-state index in [1.54, 1.807) is 0 Å². The molecule has 0 radical (unpaired) electrons. The first-order valence-electron chi connectivity index (χ1n) is 5.85. The second kappa shape index (κ2) is 4.63. The number of rotatable bonds is 4. The lowest BCUT2D eigenvalue weighted by Gasteiger charge is -2.34. The van der Waals surface area contributed by atoms with Crippen LogP contribution in [0.2, 0.25) is 0 Å². The zero-order valence-electron chi connectivity index (χ0n) is 10.4. The second-order valence-electron chi connectivity index (χ2n) is 5.64. The van der Waals surface area contributed by atoms with Crippen molar-refractivity contribution in [1.82, 2.24) is 10.2 Å². The molecule has 0 bridgehead atoms. The van der Waals surface area contributed by atoms with Crippen molar-refractivity contribution in [2.24, 2.45) is 11.3 Å². The van der Waals surface area contributed by atoms with Gasteiger partial charge in [-0.1, -0.05) is 20.8 Å². The van der Waals surface area contributed by atoms with Crippen molar-refractivity contribution < 1.29 is 0 Å². The molecule has 1 saturated heterocycles. The van der Waals surface area contributed by atoms with E-state index in [0.29, 0.717) is 11.5 Å². The van der Waals surface area contributed by atoms with E-state index in [0.717, 1.165) is 5.92 Å². The topological polar surface area (TPSA) is 15.3 Å². The maximum atomic E-state index is 3.46. The molecule has 0 saturated carbocycles. The number of hydrogen-bond donors (Lipinski definition) is 1. The Morgan fingerprint density at radius 1 is 1.36 bits per heavy atom. The molecule has 14 heavy (non-hydrogen) atoms. The highest BCUT2D eigenvalue weighted by atomic mass is 15.1. The van der Waals surface area contributed by atoms with Crippen LogP contribution in [0.1, 0.15) is 34.1 Å². The Morgan fingerprint density at radius 3 is 2.43 bits per heavy atom. The molecule has 1 aliphatic heterocycles. The predicted molar refractivity (Wildman–Crippen MR) is 62.5 cm³/mol. The van der Waals surface area contributed by atoms with Gasteiger partial charge in [0.1, 0.15) is 0 Å². The Balaban J connectivity index is 2.42. The highest BCUT2D eigenvalue weighted by Crippen LogP contribution is 2.26. The van der Waals surface area contributed by atoms with Gasteiger partial charge in [0, 0.05) is 19.1 Å². The quantitative estimate of drug-likeness (QED) is 0.743. The molecular weight excluding hydrogens is 172 g/mol. The van der Waals surface area contributed by atoms with Crippen LogP contribution in [0.5, 0.6) is 0 Å². The predicted octanol–water partition coefficient (Wildman–Crippen LogP) is 1.96. The van der Waals surface area contributed by atoms with Crippen LogP contribution >= 0.6 is 0 Å². The third kappa shape index (κ3) is 2.96. The molecule has 1 N–H and O–H groups in total. The highest BCUT2D eigenvalue weighted by molar-refractivity contribution is 4.87. The molecule has 2 atom stereocenters. The summed E-state index contributed by atoms with van der Waals surface area (Å²) in [4.78, 5) is 2.51. The van der Waals surface area contributed by atoms with Crippen molar-refractivity contribution >= 4 is 0 Å². The van der Waals surface area contributed by atoms with Crippen molar-refractivity contribution in [3.8, 4) is 0 Å². The molecular formula is C12H26N2. The van der Waals surface area contributed by atoms with Crippen LogP contribution in [0, 0.1) is 11.3 Å². The first-order chi connectivity index (χ1) is 6.44. The lowest BCUT2D eigenvalue weighted by atomic mass is 9.88. The van der Waals surface area contributed by atoms with Crippen molar-refractivity contribution in [2.45, 2.75) is 40.2 Å². The zero-order chi connectivity index (χ0) is 10.8. The lowest BCUT2D eigenvalue weighted by molar-refractivity contribution is 0.141. The molecule has 1 fully saturated rings. The van der Waals surface area contributed by atoms with Crippen LogP contribution in [-0.2, 0) is 0 Å². The third-order valence-electron chi connectivity index (χ3n) is 3.75. The molecule has 0 aromatic carbocycles. The average Bonchev–Trinajstić information content (AvgIpc) is 2.50. The Bertz CT molecular complexity index is 171. The first-order valence-corrected chi connectivity index (χ1v) is 5.85. The third-order valence-corrected chi connectivity index (χ3v) is 3.75. The van der Waals surface area contributed by atoms with Crippen LogP contribution in [-0.4, -0.2) is 37.6 Å². The van der Waals surface area contributed by atoms with Gasteiger partial charge in [-0.15, -0.1) is 0 Å². The molecule has 0 amide bonds. The Hall–Kier alpha value is -0.0800. The van der Waals surface area contributed by atoms with Crippen LogP contribution < -0.4 is 5.32 Å². The van der Waals surface area contributed by atoms with Crippen LogP contribution in [0.3, 0.4) is 0 Å². The monoisotopic (exact) mass is 198 g/mol. The van der Waals surface area contributed by atoms with E-state index in [2.05, 4.69) is 45.0 Å². The van der Waals surface area contributed by atoms with E-state index in [1.807, 2.05) is 0 Å². The summed E-state index contributed by atoms with van der Waals surface area (Å²) in [5, 5.41) is 3.46. The lowest BCUT2D eigenvalue weighted by Crippen LogP contribution is -2.41. The fourth-order valence-corrected chi connectivity index (χ4v) is 2.26. The van der Waals surface area contributed by atoms with Gasteiger partial charge in [-0.2, -0.15) is 0 Å². The summed E-state index contributed by atoms with van der Waals surface area (Å²) in [5.74, 6) is 0.748. The summed E-state index contributed by atoms with van der Waals surface area (Å²) < 4.78 is 0. The summed E-state index contributed by atoms with van der Waals surface area (Å²) >= 11 is 0. The molecule has 1 aliphatic rings. The fourth-order valence-electron chi connectivity index (χ4n) is 2.26. The minimum absolute atomic E-state index is 0.498. The van der Waals surface area contributed by atoms with Gasteiger partial charge in [0.15, 0.2) is 0 Å². The van der Waals surface area contributed by atoms with Gasteiger partial charge in [0.05, 0.1) is 0 Å². The standard InChI is InChI=1S/C12H26N2/c1-10(2)11(3)14(5)9-12(4)6-7-13-8-12/h10-11,13H,6-9H2,1-5H3. The number of nitrogens with zero attached hydrogens (tertiary/aromatic N) is 1. The van der Waals surface area contributed by atoms with Gasteiger partial charge in [-0.25, -0.2) is 0 Å². The van der Waals surface area contributed by atoms with E-state index in [-0.39, 0.29) is 0 Å². The minimum atomic E-state index is 0.498. The molecule has 0 aromatic heterocycles. The largest absolute Gasteiger partial charge is 0.316 e. The van der Waals surface area contributed by atoms with E-state index >= 15 is 0 Å². The van der Waals surface area contributed by atoms with Gasteiger partial charge < -0.3 is 10.2 Å². The van der Waals surface area contributed by atoms with Crippen molar-refractivity contribution in [1.29, 1.82) is 0 Å². The smallest absolute Gasteiger partial charge is 0.00871 e. The molecule has 1 heterocycles. The van der Waals surface area contributed by atoms with Crippen molar-refractivity contribution in [3.05, 3.63) is 0 Å². The zero-order valence-corrected chi connectivity index (χ0v) is 10.4. The molecule has 84 valence electrons. The summed E-state index contributed by atoms with van der Waals surface area (Å²) in [7, 11) is 2.26. The van der Waals surface area contributed by atoms with Crippen LogP contribution in [0.4, 0.5) is 0 Å². The SMILES string of the molecule is CC(C)C(C)N(C)CC1(C)CCNC1. The molecule has 2 nitrogen and oxygen atoms in total. The van der Waals surface area contributed by atoms with E-state index < -0.39 is 0 Å². The second-order valence-corrected chi connectivity index (χ2v) is 5.64. The highest BCUT2D eigenvalue weighted by Gasteiger charge is 2.31. The van der Waals surface area contributed by atoms with Crippen molar-refractivity contribution in [2.75, 3.05) is 26.7 Å². The first kappa shape index (κ1) is 12.0. The van der Waals surface area contributed by atoms with Gasteiger partial charge in [-0.3, -0.25) is 0 Å². The molecule has 0 aliphatic carbocycles. The maximum absolute atomic E-state index is 3.46. The molecule has 2 heteroatoms. The van der Waals surface area contributed by atoms with Crippen LogP contribution in [0.25, 0.3) is 0 Å². The Labute approximate surface area is 89.1 Å². The van der Waals surface area contributed by atoms with E-state index in [9.17, 15) is 0 Å². The molecule has 0 aromatic rings. The molecule has 2 unspecified atom stereocenters. The van der Waals surface area contributed by atoms with Crippen LogP contribution in [0.15, 0.2) is 0 Å². The summed E-state index contributed by atoms with van der Waals surface area (Å²) in [5.41, 5.74) is 0.498. The maximum Gasteiger partial charge on any atom is 0.00871 e. The fraction of sp³-hybridized carbons (Fsp3) is 1.00. The summed E-state index contributed by atoms with van der Waals surface area (Å²) in [6, 6.07) is 0.687. The van der Waals surface area contributed by atoms with Gasteiger partial charge >= 0.3 is 0 Å². The summed E-state index contributed by atoms with van der Waals surface area (Å²) in [6.07, 6.45) is 1.32. The van der Waals surface area contributed by atoms with E-state index in [4.69, 9.17) is 0 Å². The Kier molecular flexibility index (Phi) is 3.96. The number of hydrogen-bond acceptors (Lipinski definition) is 2. The number of nitrogens with one attached hydrogen (secondary N) is 1. The molecule has 0 spiro atoms. The summed E-state index contributed by atoms with van der Waals surface area (Å²) in [6.45, 7) is 12.9. The van der Waals surface area contributed by atoms with E-state index in [1.165, 1.54) is 26.1 Å². The Morgan fingerprint density at radius 2 is 2.00 bits per heavy atom. The van der Waals surface area contributed by atoms with Gasteiger partial charge in [-0.05, 0) is 38.3 Å². The normalized spacial score (nSPS) is 30.2. The van der Waals surface area contributed by atoms with Gasteiger partial charge in [0.2, 0.25) is 0 Å². The average molecular weight is 198 g/mol. The minimum Gasteiger partial charge on any atom is -0.316 e. The molecule has 1 rings (SSSR count). The van der Waals surface area contributed by atoms with Gasteiger partial charge in [0.25, 0.3) is 0 Å².